The number of ketones is 1. The van der Waals surface area contributed by atoms with Gasteiger partial charge in [-0.2, -0.15) is 0 Å². The topological polar surface area (TPSA) is 56.1 Å². The van der Waals surface area contributed by atoms with Gasteiger partial charge in [-0.25, -0.2) is 0 Å². The van der Waals surface area contributed by atoms with Crippen molar-refractivity contribution < 1.29 is 9.59 Å². The number of hydrogen-bond donors (Lipinski definition) is 0. The maximum Gasteiger partial charge on any atom is 0.265 e. The van der Waals surface area contributed by atoms with Crippen LogP contribution >= 0.6 is 0 Å². The van der Waals surface area contributed by atoms with Crippen LogP contribution in [0.1, 0.15) is 27.6 Å². The molecule has 0 aliphatic carbocycles. The van der Waals surface area contributed by atoms with Gasteiger partial charge in [0.25, 0.3) is 5.56 Å². The highest BCUT2D eigenvalue weighted by Gasteiger charge is 2.11. The molecule has 0 saturated carbocycles. The predicted molar refractivity (Wildman–Crippen MR) is 67.4 cm³/mol. The molecule has 18 heavy (non-hydrogen) atoms. The molecular formula is C14H11NO3. The van der Waals surface area contributed by atoms with Crippen molar-refractivity contribution in [3.63, 3.8) is 0 Å². The lowest BCUT2D eigenvalue weighted by Crippen LogP contribution is -2.24. The van der Waals surface area contributed by atoms with Crippen molar-refractivity contribution in [1.82, 2.24) is 4.57 Å². The molecule has 0 spiro atoms. The summed E-state index contributed by atoms with van der Waals surface area (Å²) in [6, 6.07) is 10.2. The number of carbonyl (C=O) groups excluding carboxylic acids is 2. The number of benzene rings is 1. The molecule has 4 nitrogen and oxygen atoms in total. The monoisotopic (exact) mass is 241 g/mol. The maximum absolute atomic E-state index is 12.1. The van der Waals surface area contributed by atoms with Crippen molar-refractivity contribution in [2.45, 2.75) is 6.92 Å². The lowest BCUT2D eigenvalue weighted by molar-refractivity contribution is 0.101. The third-order valence-electron chi connectivity index (χ3n) is 2.59. The summed E-state index contributed by atoms with van der Waals surface area (Å²) in [5, 5.41) is 0. The Labute approximate surface area is 103 Å². The van der Waals surface area contributed by atoms with E-state index < -0.39 is 5.56 Å². The Bertz CT molecular complexity index is 656. The van der Waals surface area contributed by atoms with Gasteiger partial charge in [0.05, 0.1) is 5.56 Å². The summed E-state index contributed by atoms with van der Waals surface area (Å²) in [6.45, 7) is 1.31. The average molecular weight is 241 g/mol. The van der Waals surface area contributed by atoms with Crippen LogP contribution in [0.15, 0.2) is 47.4 Å². The Kier molecular flexibility index (Phi) is 3.19. The molecule has 0 amide bonds. The molecule has 0 fully saturated rings. The number of aldehydes is 1. The van der Waals surface area contributed by atoms with E-state index in [2.05, 4.69) is 0 Å². The van der Waals surface area contributed by atoms with Gasteiger partial charge in [0.1, 0.15) is 0 Å². The van der Waals surface area contributed by atoms with Crippen molar-refractivity contribution in [2.24, 2.45) is 0 Å². The number of rotatable bonds is 3. The first-order chi connectivity index (χ1) is 8.63. The summed E-state index contributed by atoms with van der Waals surface area (Å²) in [4.78, 5) is 34.3. The van der Waals surface area contributed by atoms with E-state index in [1.807, 2.05) is 6.07 Å². The van der Waals surface area contributed by atoms with Gasteiger partial charge in [0.2, 0.25) is 0 Å². The summed E-state index contributed by atoms with van der Waals surface area (Å²) in [6.07, 6.45) is 2.04. The molecule has 0 aliphatic heterocycles. The maximum atomic E-state index is 12.1. The molecule has 0 atom stereocenters. The van der Waals surface area contributed by atoms with Crippen LogP contribution in [0.5, 0.6) is 0 Å². The molecule has 4 heteroatoms. The fourth-order valence-corrected chi connectivity index (χ4v) is 1.70. The van der Waals surface area contributed by atoms with Crippen LogP contribution in [0.4, 0.5) is 0 Å². The first-order valence-corrected chi connectivity index (χ1v) is 5.41. The predicted octanol–water partition coefficient (Wildman–Crippen LogP) is 1.85. The normalized spacial score (nSPS) is 10.1. The van der Waals surface area contributed by atoms with Crippen LogP contribution in [0, 0.1) is 0 Å². The van der Waals surface area contributed by atoms with Gasteiger partial charge in [0, 0.05) is 17.4 Å². The van der Waals surface area contributed by atoms with Crippen LogP contribution in [0.3, 0.4) is 0 Å². The quantitative estimate of drug-likeness (QED) is 0.608. The van der Waals surface area contributed by atoms with Gasteiger partial charge in [-0.15, -0.1) is 0 Å². The SMILES string of the molecule is CC(=O)c1cc(C=O)cn(-c2ccccc2)c1=O. The highest BCUT2D eigenvalue weighted by atomic mass is 16.1. The molecule has 1 aromatic carbocycles. The highest BCUT2D eigenvalue weighted by molar-refractivity contribution is 5.95. The minimum Gasteiger partial charge on any atom is -0.298 e. The van der Waals surface area contributed by atoms with Crippen LogP contribution in [-0.4, -0.2) is 16.6 Å². The van der Waals surface area contributed by atoms with Crippen LogP contribution < -0.4 is 5.56 Å². The third kappa shape index (κ3) is 2.13. The first-order valence-electron chi connectivity index (χ1n) is 5.41. The molecule has 2 rings (SSSR count). The molecule has 0 N–H and O–H groups in total. The van der Waals surface area contributed by atoms with E-state index in [1.165, 1.54) is 23.8 Å². The Hall–Kier alpha value is -2.49. The molecule has 0 saturated heterocycles. The Morgan fingerprint density at radius 1 is 1.22 bits per heavy atom. The number of Topliss-reactive ketones (excluding diaryl/α,β-unsaturated/α-hetero) is 1. The molecule has 0 aliphatic rings. The lowest BCUT2D eigenvalue weighted by Gasteiger charge is -2.08. The Morgan fingerprint density at radius 3 is 2.44 bits per heavy atom. The van der Waals surface area contributed by atoms with Crippen LogP contribution in [0.2, 0.25) is 0 Å². The van der Waals surface area contributed by atoms with Crippen molar-refractivity contribution >= 4 is 12.1 Å². The van der Waals surface area contributed by atoms with Gasteiger partial charge < -0.3 is 0 Å². The first kappa shape index (κ1) is 12.0. The zero-order valence-electron chi connectivity index (χ0n) is 9.79. The fourth-order valence-electron chi connectivity index (χ4n) is 1.70. The highest BCUT2D eigenvalue weighted by Crippen LogP contribution is 2.07. The molecule has 0 radical (unpaired) electrons. The largest absolute Gasteiger partial charge is 0.298 e. The van der Waals surface area contributed by atoms with Crippen molar-refractivity contribution in [1.29, 1.82) is 0 Å². The Balaban J connectivity index is 2.75. The smallest absolute Gasteiger partial charge is 0.265 e. The van der Waals surface area contributed by atoms with E-state index in [9.17, 15) is 14.4 Å². The molecule has 1 aromatic heterocycles. The van der Waals surface area contributed by atoms with Crippen LogP contribution in [0.25, 0.3) is 5.69 Å². The number of aromatic nitrogens is 1. The zero-order valence-corrected chi connectivity index (χ0v) is 9.79. The van der Waals surface area contributed by atoms with Crippen LogP contribution in [-0.2, 0) is 0 Å². The lowest BCUT2D eigenvalue weighted by atomic mass is 10.1. The molecule has 2 aromatic rings. The van der Waals surface area contributed by atoms with E-state index in [4.69, 9.17) is 0 Å². The second-order valence-electron chi connectivity index (χ2n) is 3.87. The van der Waals surface area contributed by atoms with E-state index in [-0.39, 0.29) is 11.3 Å². The minimum atomic E-state index is -0.417. The molecule has 0 unspecified atom stereocenters. The van der Waals surface area contributed by atoms with Gasteiger partial charge in [-0.05, 0) is 25.1 Å². The summed E-state index contributed by atoms with van der Waals surface area (Å²) in [5.41, 5.74) is 0.514. The van der Waals surface area contributed by atoms with Gasteiger partial charge in [0.15, 0.2) is 12.1 Å². The number of pyridine rings is 1. The molecule has 0 bridgehead atoms. The van der Waals surface area contributed by atoms with E-state index >= 15 is 0 Å². The van der Waals surface area contributed by atoms with Gasteiger partial charge >= 0.3 is 0 Å². The van der Waals surface area contributed by atoms with E-state index in [0.717, 1.165) is 0 Å². The number of carbonyl (C=O) groups is 2. The average Bonchev–Trinajstić information content (AvgIpc) is 2.39. The van der Waals surface area contributed by atoms with E-state index in [0.29, 0.717) is 17.5 Å². The summed E-state index contributed by atoms with van der Waals surface area (Å²) >= 11 is 0. The summed E-state index contributed by atoms with van der Waals surface area (Å²) < 4.78 is 1.31. The molecule has 1 heterocycles. The molecular weight excluding hydrogens is 230 g/mol. The summed E-state index contributed by atoms with van der Waals surface area (Å²) in [7, 11) is 0. The van der Waals surface area contributed by atoms with E-state index in [1.54, 1.807) is 24.3 Å². The number of nitrogens with zero attached hydrogens (tertiary/aromatic N) is 1. The minimum absolute atomic E-state index is 0.0171. The van der Waals surface area contributed by atoms with Gasteiger partial charge in [-0.1, -0.05) is 18.2 Å². The third-order valence-corrected chi connectivity index (χ3v) is 2.59. The second-order valence-corrected chi connectivity index (χ2v) is 3.87. The summed E-state index contributed by atoms with van der Waals surface area (Å²) in [5.74, 6) is -0.353. The zero-order chi connectivity index (χ0) is 13.1. The van der Waals surface area contributed by atoms with Gasteiger partial charge in [-0.3, -0.25) is 19.0 Å². The Morgan fingerprint density at radius 2 is 1.89 bits per heavy atom. The standard InChI is InChI=1S/C14H11NO3/c1-10(17)13-7-11(9-16)8-15(14(13)18)12-5-3-2-4-6-12/h2-9H,1H3. The fraction of sp³-hybridized carbons (Fsp3) is 0.0714. The number of para-hydroxylation sites is 1. The molecule has 90 valence electrons. The number of hydrogen-bond acceptors (Lipinski definition) is 3. The van der Waals surface area contributed by atoms with Crippen molar-refractivity contribution in [3.05, 3.63) is 64.1 Å². The van der Waals surface area contributed by atoms with Crippen molar-refractivity contribution in [2.75, 3.05) is 0 Å². The van der Waals surface area contributed by atoms with Crippen molar-refractivity contribution in [3.8, 4) is 5.69 Å². The second kappa shape index (κ2) is 4.79.